The van der Waals surface area contributed by atoms with Gasteiger partial charge in [-0.25, -0.2) is 19.2 Å². The van der Waals surface area contributed by atoms with Gasteiger partial charge in [-0.1, -0.05) is 0 Å². The largest absolute Gasteiger partial charge is 0.479 e. The van der Waals surface area contributed by atoms with Crippen LogP contribution in [-0.2, 0) is 52.3 Å². The van der Waals surface area contributed by atoms with Crippen LogP contribution in [0.5, 0.6) is 0 Å². The van der Waals surface area contributed by atoms with Crippen molar-refractivity contribution in [2.45, 2.75) is 136 Å². The van der Waals surface area contributed by atoms with Crippen molar-refractivity contribution in [3.63, 3.8) is 0 Å². The van der Waals surface area contributed by atoms with Crippen molar-refractivity contribution in [3.05, 3.63) is 0 Å². The minimum atomic E-state index is -2.72. The first-order valence-electron chi connectivity index (χ1n) is 14.8. The van der Waals surface area contributed by atoms with Crippen molar-refractivity contribution >= 4 is 23.9 Å². The highest BCUT2D eigenvalue weighted by molar-refractivity contribution is 5.75. The molecule has 0 saturated carbocycles. The number of carboxylic acid groups (broad SMARTS) is 4. The Balaban J connectivity index is 1.54. The van der Waals surface area contributed by atoms with E-state index in [0.717, 1.165) is 13.8 Å². The fraction of sp³-hybridized carbons (Fsp3) is 0.846. The number of aliphatic carboxylic acids is 4. The Kier molecular flexibility index (Phi) is 12.0. The van der Waals surface area contributed by atoms with E-state index < -0.39 is 146 Å². The monoisotopic (exact) mass is 750 g/mol. The Bertz CT molecular complexity index is 1310. The van der Waals surface area contributed by atoms with Gasteiger partial charge in [-0.05, 0) is 13.8 Å². The van der Waals surface area contributed by atoms with E-state index in [9.17, 15) is 90.7 Å². The molecule has 4 aliphatic heterocycles. The first kappa shape index (κ1) is 41.0. The van der Waals surface area contributed by atoms with Gasteiger partial charge in [-0.3, -0.25) is 0 Å². The highest BCUT2D eigenvalue weighted by Crippen LogP contribution is 2.41. The quantitative estimate of drug-likeness (QED) is 0.0985. The summed E-state index contributed by atoms with van der Waals surface area (Å²) in [4.78, 5) is 47.6. The number of rotatable bonds is 10. The summed E-state index contributed by atoms with van der Waals surface area (Å²) in [5.41, 5.74) is -5.36. The molecule has 25 heteroatoms. The van der Waals surface area contributed by atoms with Crippen LogP contribution in [0.25, 0.3) is 0 Å². The number of hydrogen-bond donors (Lipinski definition) is 14. The van der Waals surface area contributed by atoms with E-state index in [1.807, 2.05) is 0 Å². The molecular weight excluding hydrogens is 712 g/mol. The summed E-state index contributed by atoms with van der Waals surface area (Å²) in [5.74, 6) is -7.66. The van der Waals surface area contributed by atoms with E-state index in [1.165, 1.54) is 0 Å². The van der Waals surface area contributed by atoms with Crippen molar-refractivity contribution in [2.75, 3.05) is 0 Å². The van der Waals surface area contributed by atoms with Crippen LogP contribution in [0.4, 0.5) is 0 Å². The van der Waals surface area contributed by atoms with E-state index in [1.54, 1.807) is 0 Å². The van der Waals surface area contributed by atoms with Gasteiger partial charge in [-0.2, -0.15) is 0 Å². The Labute approximate surface area is 283 Å². The molecule has 0 spiro atoms. The number of hydrogen-bond acceptors (Lipinski definition) is 21. The minimum Gasteiger partial charge on any atom is -0.479 e. The second-order valence-corrected chi connectivity index (χ2v) is 12.5. The minimum absolute atomic E-state index is 0.811. The van der Waals surface area contributed by atoms with Crippen LogP contribution in [-0.4, -0.2) is 217 Å². The normalized spacial score (nSPS) is 50.7. The summed E-state index contributed by atoms with van der Waals surface area (Å²) < 4.78 is 35.8. The van der Waals surface area contributed by atoms with Crippen molar-refractivity contribution < 1.29 is 124 Å². The van der Waals surface area contributed by atoms with Crippen molar-refractivity contribution in [1.29, 1.82) is 0 Å². The first-order chi connectivity index (χ1) is 23.4. The van der Waals surface area contributed by atoms with Gasteiger partial charge in [0.15, 0.2) is 49.6 Å². The van der Waals surface area contributed by atoms with Gasteiger partial charge in [-0.15, -0.1) is 0 Å². The summed E-state index contributed by atoms with van der Waals surface area (Å²) in [6.07, 6.45) is -41.8. The van der Waals surface area contributed by atoms with Gasteiger partial charge in [0.05, 0.1) is 0 Å². The molecule has 25 nitrogen and oxygen atoms in total. The second kappa shape index (κ2) is 14.9. The molecule has 0 aromatic rings. The Hall–Kier alpha value is -2.80. The van der Waals surface area contributed by atoms with Crippen LogP contribution in [0.1, 0.15) is 13.8 Å². The van der Waals surface area contributed by atoms with Crippen LogP contribution < -0.4 is 0 Å². The average molecular weight is 751 g/mol. The van der Waals surface area contributed by atoms with Gasteiger partial charge in [0.2, 0.25) is 0 Å². The molecule has 4 saturated heterocycles. The molecule has 4 heterocycles. The van der Waals surface area contributed by atoms with Crippen LogP contribution in [0.3, 0.4) is 0 Å². The lowest BCUT2D eigenvalue weighted by atomic mass is 9.76. The number of aliphatic hydroxyl groups excluding tert-OH is 8. The lowest BCUT2D eigenvalue weighted by molar-refractivity contribution is -0.395. The molecule has 4 fully saturated rings. The summed E-state index contributed by atoms with van der Waals surface area (Å²) in [6.45, 7) is 1.64. The molecule has 0 radical (unpaired) electrons. The molecule has 0 bridgehead atoms. The second-order valence-electron chi connectivity index (χ2n) is 12.5. The lowest BCUT2D eigenvalue weighted by Gasteiger charge is -2.53. The third-order valence-electron chi connectivity index (χ3n) is 9.11. The molecule has 0 aromatic heterocycles. The topological polar surface area (TPSA) is 416 Å². The molecule has 4 rings (SSSR count). The molecule has 4 aliphatic rings. The summed E-state index contributed by atoms with van der Waals surface area (Å²) >= 11 is 0. The smallest absolute Gasteiger partial charge is 0.335 e. The first-order valence-corrected chi connectivity index (χ1v) is 14.8. The number of carboxylic acids is 4. The molecule has 0 aromatic carbocycles. The van der Waals surface area contributed by atoms with Gasteiger partial charge in [0.1, 0.15) is 72.2 Å². The number of ether oxygens (including phenoxy) is 7. The van der Waals surface area contributed by atoms with Gasteiger partial charge >= 0.3 is 23.9 Å². The number of aliphatic hydroxyl groups is 10. The highest BCUT2D eigenvalue weighted by Gasteiger charge is 2.64. The van der Waals surface area contributed by atoms with Gasteiger partial charge in [0.25, 0.3) is 0 Å². The van der Waals surface area contributed by atoms with Crippen molar-refractivity contribution in [1.82, 2.24) is 0 Å². The van der Waals surface area contributed by atoms with Gasteiger partial charge < -0.3 is 105 Å². The SMILES string of the molecule is C[C@]1(O)[C@@H](O)O[C@H](C(=O)O)[C@H](O[C@H]2O[C@H](C(=O)O)[C@H](O[C@H]3O[C@H](C(=O)O)[C@H](O[C@H]4O[C@H](C(=O)O)[C@H](O)[C@H](O)[C@H]4O)[C@H](O)[C@H]3O)[C@H](O)[C@H]2O)[C@]1(C)O. The van der Waals surface area contributed by atoms with Crippen LogP contribution in [0, 0.1) is 0 Å². The van der Waals surface area contributed by atoms with Crippen molar-refractivity contribution in [2.24, 2.45) is 0 Å². The highest BCUT2D eigenvalue weighted by atomic mass is 16.8. The van der Waals surface area contributed by atoms with E-state index in [4.69, 9.17) is 33.2 Å². The molecule has 20 atom stereocenters. The fourth-order valence-electron chi connectivity index (χ4n) is 5.79. The molecule has 292 valence electrons. The molecule has 0 amide bonds. The molecule has 14 N–H and O–H groups in total. The Morgan fingerprint density at radius 1 is 0.451 bits per heavy atom. The van der Waals surface area contributed by atoms with E-state index in [-0.39, 0.29) is 0 Å². The summed E-state index contributed by atoms with van der Waals surface area (Å²) in [6, 6.07) is 0. The van der Waals surface area contributed by atoms with Crippen molar-refractivity contribution in [3.8, 4) is 0 Å². The van der Waals surface area contributed by atoms with E-state index >= 15 is 0 Å². The molecule has 51 heavy (non-hydrogen) atoms. The Morgan fingerprint density at radius 2 is 0.804 bits per heavy atom. The Morgan fingerprint density at radius 3 is 1.20 bits per heavy atom. The fourth-order valence-corrected chi connectivity index (χ4v) is 5.79. The maximum absolute atomic E-state index is 12.2. The summed E-state index contributed by atoms with van der Waals surface area (Å²) in [5, 5.41) is 143. The molecular formula is C26H38O25. The van der Waals surface area contributed by atoms with Crippen LogP contribution >= 0.6 is 0 Å². The molecule has 0 unspecified atom stereocenters. The average Bonchev–Trinajstić information content (AvgIpc) is 3.03. The van der Waals surface area contributed by atoms with Crippen LogP contribution in [0.2, 0.25) is 0 Å². The van der Waals surface area contributed by atoms with E-state index in [2.05, 4.69) is 0 Å². The standard InChI is InChI=1S/C26H38O25/c1-25(43)16(15(20(40)41)50-24(42)26(25,2)44)51-23-9(33)6(30)11(14(49-23)19(38)39)46-22-8(32)5(29)10(13(48-22)18(36)37)45-21-7(31)3(27)4(28)12(47-21)17(34)35/h3-16,21-24,27-33,42-44H,1-2H3,(H,34,35)(H,36,37)(H,38,39)(H,40,41)/t3-,4+,5+,6+,7+,8+,9+,10+,11+,12-,13-,14-,15-,16-,21-,22-,23+,24-,25-,26-/m0/s1. The van der Waals surface area contributed by atoms with Gasteiger partial charge in [0, 0.05) is 0 Å². The van der Waals surface area contributed by atoms with E-state index in [0.29, 0.717) is 0 Å². The zero-order valence-corrected chi connectivity index (χ0v) is 26.1. The summed E-state index contributed by atoms with van der Waals surface area (Å²) in [7, 11) is 0. The predicted octanol–water partition coefficient (Wildman–Crippen LogP) is -8.60. The lowest BCUT2D eigenvalue weighted by Crippen LogP contribution is -2.74. The number of carbonyl (C=O) groups is 4. The third kappa shape index (κ3) is 7.39. The predicted molar refractivity (Wildman–Crippen MR) is 145 cm³/mol. The zero-order chi connectivity index (χ0) is 38.7. The van der Waals surface area contributed by atoms with Crippen LogP contribution in [0.15, 0.2) is 0 Å². The zero-order valence-electron chi connectivity index (χ0n) is 26.1. The molecule has 0 aliphatic carbocycles. The maximum Gasteiger partial charge on any atom is 0.335 e. The maximum atomic E-state index is 12.2. The third-order valence-corrected chi connectivity index (χ3v) is 9.11.